The quantitative estimate of drug-likeness (QED) is 0.450. The average molecular weight is 458 g/mol. The van der Waals surface area contributed by atoms with Crippen molar-refractivity contribution in [1.82, 2.24) is 14.8 Å². The number of rotatable bonds is 8. The smallest absolute Gasteiger partial charge is 0.275 e. The highest BCUT2D eigenvalue weighted by molar-refractivity contribution is 6.38. The van der Waals surface area contributed by atoms with Crippen molar-refractivity contribution in [2.24, 2.45) is 5.73 Å². The van der Waals surface area contributed by atoms with E-state index in [0.29, 0.717) is 17.7 Å². The summed E-state index contributed by atoms with van der Waals surface area (Å²) in [6, 6.07) is 17.0. The highest BCUT2D eigenvalue weighted by Crippen LogP contribution is 2.32. The monoisotopic (exact) mass is 457 g/mol. The summed E-state index contributed by atoms with van der Waals surface area (Å²) in [6.45, 7) is 2.37. The summed E-state index contributed by atoms with van der Waals surface area (Å²) in [6.07, 6.45) is 4.58. The minimum atomic E-state index is -0.438. The number of aryl methyl sites for hydroxylation is 1. The fourth-order valence-corrected chi connectivity index (χ4v) is 4.99. The number of nitrogens with zero attached hydrogens (tertiary/aromatic N) is 2. The Morgan fingerprint density at radius 2 is 1.79 bits per heavy atom. The Morgan fingerprint density at radius 3 is 2.59 bits per heavy atom. The summed E-state index contributed by atoms with van der Waals surface area (Å²) >= 11 is 0. The molecule has 1 fully saturated rings. The van der Waals surface area contributed by atoms with Gasteiger partial charge in [0, 0.05) is 41.4 Å². The van der Waals surface area contributed by atoms with Crippen molar-refractivity contribution < 1.29 is 14.4 Å². The number of hydrogen-bond acceptors (Lipinski definition) is 5. The van der Waals surface area contributed by atoms with Crippen LogP contribution in [0.15, 0.2) is 66.5 Å². The Labute approximate surface area is 197 Å². The van der Waals surface area contributed by atoms with Crippen LogP contribution in [0, 0.1) is 0 Å². The van der Waals surface area contributed by atoms with Gasteiger partial charge in [0.25, 0.3) is 11.8 Å². The molecule has 8 nitrogen and oxygen atoms in total. The minimum absolute atomic E-state index is 0.179. The first-order chi connectivity index (χ1) is 16.5. The first-order valence-corrected chi connectivity index (χ1v) is 11.6. The van der Waals surface area contributed by atoms with E-state index >= 15 is 0 Å². The van der Waals surface area contributed by atoms with Gasteiger partial charge in [0.2, 0.25) is 5.91 Å². The Hall–Kier alpha value is -3.91. The lowest BCUT2D eigenvalue weighted by atomic mass is 10.0. The number of primary amides is 1. The fraction of sp³-hybridized carbons (Fsp3) is 0.269. The van der Waals surface area contributed by atoms with Gasteiger partial charge in [0.1, 0.15) is 5.70 Å². The maximum atomic E-state index is 12.8. The number of nitrogens with one attached hydrogen (secondary N) is 2. The zero-order chi connectivity index (χ0) is 23.7. The van der Waals surface area contributed by atoms with E-state index in [-0.39, 0.29) is 17.6 Å². The van der Waals surface area contributed by atoms with E-state index in [9.17, 15) is 14.4 Å². The van der Waals surface area contributed by atoms with Crippen molar-refractivity contribution in [2.45, 2.75) is 31.8 Å². The van der Waals surface area contributed by atoms with Gasteiger partial charge in [-0.05, 0) is 44.0 Å². The van der Waals surface area contributed by atoms with Crippen LogP contribution in [0.2, 0.25) is 0 Å². The Balaban J connectivity index is 1.45. The molecule has 0 radical (unpaired) electrons. The molecule has 3 aromatic rings. The number of benzene rings is 2. The molecule has 3 heterocycles. The van der Waals surface area contributed by atoms with Crippen LogP contribution < -0.4 is 16.4 Å². The van der Waals surface area contributed by atoms with E-state index < -0.39 is 11.8 Å². The molecular weight excluding hydrogens is 430 g/mol. The molecule has 0 aliphatic carbocycles. The van der Waals surface area contributed by atoms with E-state index in [1.54, 1.807) is 0 Å². The third-order valence-corrected chi connectivity index (χ3v) is 6.57. The number of nitrogens with two attached hydrogens (primary N) is 1. The number of para-hydroxylation sites is 2. The van der Waals surface area contributed by atoms with Crippen LogP contribution in [-0.4, -0.2) is 46.3 Å². The molecule has 1 saturated heterocycles. The van der Waals surface area contributed by atoms with Gasteiger partial charge in [-0.3, -0.25) is 24.6 Å². The predicted molar refractivity (Wildman–Crippen MR) is 130 cm³/mol. The molecule has 5 rings (SSSR count). The number of carbonyl (C=O) groups excluding carboxylic acids is 3. The third kappa shape index (κ3) is 4.08. The van der Waals surface area contributed by atoms with Gasteiger partial charge in [-0.1, -0.05) is 36.4 Å². The summed E-state index contributed by atoms with van der Waals surface area (Å²) in [7, 11) is 0. The van der Waals surface area contributed by atoms with Crippen molar-refractivity contribution in [3.05, 3.63) is 72.1 Å². The number of anilines is 1. The molecule has 0 spiro atoms. The van der Waals surface area contributed by atoms with Crippen LogP contribution >= 0.6 is 0 Å². The number of likely N-dealkylation sites (tertiary alicyclic amines) is 1. The van der Waals surface area contributed by atoms with Gasteiger partial charge in [-0.2, -0.15) is 0 Å². The second kappa shape index (κ2) is 9.15. The minimum Gasteiger partial charge on any atom is -0.368 e. The molecule has 2 aliphatic rings. The molecule has 1 unspecified atom stereocenters. The molecule has 0 saturated carbocycles. The van der Waals surface area contributed by atoms with Gasteiger partial charge >= 0.3 is 0 Å². The Bertz CT molecular complexity index is 1290. The van der Waals surface area contributed by atoms with Crippen LogP contribution in [0.5, 0.6) is 0 Å². The van der Waals surface area contributed by atoms with Gasteiger partial charge in [-0.15, -0.1) is 0 Å². The molecule has 3 amide bonds. The van der Waals surface area contributed by atoms with Crippen molar-refractivity contribution in [1.29, 1.82) is 0 Å². The lowest BCUT2D eigenvalue weighted by Gasteiger charge is -2.21. The number of hydrogen-bond donors (Lipinski definition) is 3. The lowest BCUT2D eigenvalue weighted by molar-refractivity contribution is -0.124. The second-order valence-corrected chi connectivity index (χ2v) is 8.73. The Kier molecular flexibility index (Phi) is 5.90. The van der Waals surface area contributed by atoms with Crippen molar-refractivity contribution in [2.75, 3.05) is 18.4 Å². The molecule has 34 heavy (non-hydrogen) atoms. The molecule has 174 valence electrons. The first-order valence-electron chi connectivity index (χ1n) is 11.6. The largest absolute Gasteiger partial charge is 0.368 e. The Morgan fingerprint density at radius 1 is 1.03 bits per heavy atom. The molecule has 1 atom stereocenters. The van der Waals surface area contributed by atoms with E-state index in [4.69, 9.17) is 5.73 Å². The van der Waals surface area contributed by atoms with Crippen LogP contribution in [0.4, 0.5) is 5.69 Å². The number of aromatic nitrogens is 1. The van der Waals surface area contributed by atoms with Gasteiger partial charge in [0.05, 0.1) is 11.6 Å². The zero-order valence-electron chi connectivity index (χ0n) is 18.8. The van der Waals surface area contributed by atoms with Crippen LogP contribution in [-0.2, 0) is 20.9 Å². The topological polar surface area (TPSA) is 109 Å². The maximum Gasteiger partial charge on any atom is 0.275 e. The fourth-order valence-electron chi connectivity index (χ4n) is 4.99. The normalized spacial score (nSPS) is 18.6. The first kappa shape index (κ1) is 21.9. The summed E-state index contributed by atoms with van der Waals surface area (Å²) < 4.78 is 2.11. The zero-order valence-corrected chi connectivity index (χ0v) is 18.8. The number of fused-ring (bicyclic) bond motifs is 1. The predicted octanol–water partition coefficient (Wildman–Crippen LogP) is 2.46. The number of carbonyl (C=O) groups is 3. The number of imide groups is 1. The summed E-state index contributed by atoms with van der Waals surface area (Å²) in [5.41, 5.74) is 8.58. The van der Waals surface area contributed by atoms with Gasteiger partial charge < -0.3 is 15.6 Å². The third-order valence-electron chi connectivity index (χ3n) is 6.57. The van der Waals surface area contributed by atoms with Crippen molar-refractivity contribution >= 4 is 39.9 Å². The van der Waals surface area contributed by atoms with Crippen LogP contribution in [0.1, 0.15) is 24.8 Å². The van der Waals surface area contributed by atoms with E-state index in [0.717, 1.165) is 48.9 Å². The van der Waals surface area contributed by atoms with Crippen molar-refractivity contribution in [3.63, 3.8) is 0 Å². The van der Waals surface area contributed by atoms with Crippen LogP contribution in [0.25, 0.3) is 16.5 Å². The second-order valence-electron chi connectivity index (χ2n) is 8.73. The molecule has 4 N–H and O–H groups in total. The molecular formula is C26H27N5O3. The molecule has 1 aromatic heterocycles. The van der Waals surface area contributed by atoms with Crippen molar-refractivity contribution in [3.8, 4) is 0 Å². The van der Waals surface area contributed by atoms with E-state index in [1.807, 2.05) is 60.8 Å². The molecule has 2 aromatic carbocycles. The average Bonchev–Trinajstić information content (AvgIpc) is 3.51. The molecule has 8 heteroatoms. The summed E-state index contributed by atoms with van der Waals surface area (Å²) in [4.78, 5) is 39.3. The summed E-state index contributed by atoms with van der Waals surface area (Å²) in [5.74, 6) is -1.10. The van der Waals surface area contributed by atoms with Gasteiger partial charge in [0.15, 0.2) is 0 Å². The summed E-state index contributed by atoms with van der Waals surface area (Å²) in [5, 5.41) is 6.47. The molecule has 0 bridgehead atoms. The van der Waals surface area contributed by atoms with E-state index in [2.05, 4.69) is 20.1 Å². The van der Waals surface area contributed by atoms with Gasteiger partial charge in [-0.25, -0.2) is 0 Å². The number of amides is 3. The highest BCUT2D eigenvalue weighted by Gasteiger charge is 2.33. The van der Waals surface area contributed by atoms with E-state index in [1.165, 1.54) is 0 Å². The lowest BCUT2D eigenvalue weighted by Crippen LogP contribution is -2.40. The van der Waals surface area contributed by atoms with Crippen LogP contribution in [0.3, 0.4) is 0 Å². The highest BCUT2D eigenvalue weighted by atomic mass is 16.2. The maximum absolute atomic E-state index is 12.8. The standard InChI is InChI=1S/C26H27N5O3/c27-24(32)21-12-6-13-30(21)14-7-15-31-16-19(18-10-4-5-11-20(18)31)22-23(26(34)29-25(22)33)28-17-8-2-1-3-9-17/h1-5,8-11,16,21H,6-7,12-15H2,(H2,27,32)(H2,28,29,33,34). The SMILES string of the molecule is NC(=O)C1CCCN1CCCn1cc(C2=C(Nc3ccccc3)C(=O)NC2=O)c2ccccc21. The molecule has 2 aliphatic heterocycles.